The van der Waals surface area contributed by atoms with E-state index in [9.17, 15) is 4.79 Å². The molecule has 1 aromatic heterocycles. The van der Waals surface area contributed by atoms with Crippen molar-refractivity contribution in [3.8, 4) is 0 Å². The van der Waals surface area contributed by atoms with E-state index in [2.05, 4.69) is 34.8 Å². The molecule has 1 amide bonds. The number of hydrogen-bond donors (Lipinski definition) is 0. The molecule has 1 saturated heterocycles. The molecule has 0 aliphatic carbocycles. The Morgan fingerprint density at radius 2 is 2.20 bits per heavy atom. The zero-order valence-corrected chi connectivity index (χ0v) is 12.5. The van der Waals surface area contributed by atoms with Gasteiger partial charge >= 0.3 is 0 Å². The van der Waals surface area contributed by atoms with Crippen molar-refractivity contribution in [1.82, 2.24) is 9.88 Å². The van der Waals surface area contributed by atoms with Gasteiger partial charge in [-0.15, -0.1) is 0 Å². The zero-order valence-electron chi connectivity index (χ0n) is 12.5. The molecule has 0 N–H and O–H groups in total. The summed E-state index contributed by atoms with van der Waals surface area (Å²) >= 11 is 0. The van der Waals surface area contributed by atoms with E-state index in [0.29, 0.717) is 0 Å². The van der Waals surface area contributed by atoms with Gasteiger partial charge in [0.15, 0.2) is 5.82 Å². The molecule has 1 atom stereocenters. The van der Waals surface area contributed by atoms with E-state index in [0.717, 1.165) is 49.7 Å². The van der Waals surface area contributed by atoms with Gasteiger partial charge in [-0.2, -0.15) is 0 Å². The Kier molecular flexibility index (Phi) is 3.38. The molecular weight excluding hydrogens is 252 g/mol. The number of likely N-dealkylation sites (N-methyl/N-ethyl adjacent to an activating group) is 1. The molecule has 1 aromatic rings. The number of hydrogen-bond acceptors (Lipinski definition) is 4. The number of pyridine rings is 1. The first-order valence-corrected chi connectivity index (χ1v) is 7.35. The van der Waals surface area contributed by atoms with Crippen molar-refractivity contribution in [2.24, 2.45) is 0 Å². The number of nitrogens with zero attached hydrogens (tertiary/aromatic N) is 4. The van der Waals surface area contributed by atoms with Gasteiger partial charge in [0.05, 0.1) is 5.69 Å². The van der Waals surface area contributed by atoms with Gasteiger partial charge in [0.25, 0.3) is 5.91 Å². The van der Waals surface area contributed by atoms with Gasteiger partial charge in [-0.1, -0.05) is 6.92 Å². The molecule has 0 saturated carbocycles. The Bertz CT molecular complexity index is 531. The molecule has 2 aliphatic heterocycles. The van der Waals surface area contributed by atoms with Crippen LogP contribution in [0.1, 0.15) is 18.9 Å². The summed E-state index contributed by atoms with van der Waals surface area (Å²) in [4.78, 5) is 23.7. The minimum Gasteiger partial charge on any atom is -0.340 e. The fourth-order valence-corrected chi connectivity index (χ4v) is 3.10. The highest BCUT2D eigenvalue weighted by Gasteiger charge is 2.41. The first kappa shape index (κ1) is 13.4. The highest BCUT2D eigenvalue weighted by atomic mass is 16.2. The van der Waals surface area contributed by atoms with Crippen LogP contribution in [0.25, 0.3) is 0 Å². The molecule has 0 bridgehead atoms. The van der Waals surface area contributed by atoms with Crippen LogP contribution in [-0.4, -0.2) is 55.1 Å². The standard InChI is InChI=1S/C15H22N4O/c1-4-5-19-12-8-11(2)9-16-14(12)18-7-6-17(3)10-13(18)15(19)20/h8-9,13H,4-7,10H2,1-3H3. The number of piperazine rings is 1. The van der Waals surface area contributed by atoms with Crippen molar-refractivity contribution >= 4 is 17.4 Å². The monoisotopic (exact) mass is 274 g/mol. The summed E-state index contributed by atoms with van der Waals surface area (Å²) in [6, 6.07) is 2.01. The molecule has 0 radical (unpaired) electrons. The summed E-state index contributed by atoms with van der Waals surface area (Å²) in [7, 11) is 2.08. The topological polar surface area (TPSA) is 39.7 Å². The summed E-state index contributed by atoms with van der Waals surface area (Å²) in [5, 5.41) is 0. The highest BCUT2D eigenvalue weighted by Crippen LogP contribution is 2.36. The van der Waals surface area contributed by atoms with E-state index < -0.39 is 0 Å². The van der Waals surface area contributed by atoms with E-state index in [1.54, 1.807) is 0 Å². The lowest BCUT2D eigenvalue weighted by atomic mass is 10.0. The van der Waals surface area contributed by atoms with E-state index in [-0.39, 0.29) is 11.9 Å². The SMILES string of the molecule is CCCN1C(=O)C2CN(C)CCN2c2ncc(C)cc21. The number of anilines is 2. The molecule has 0 aromatic carbocycles. The minimum absolute atomic E-state index is 0.0805. The molecule has 5 nitrogen and oxygen atoms in total. The molecule has 5 heteroatoms. The number of aryl methyl sites for hydroxylation is 1. The molecule has 3 heterocycles. The first-order valence-electron chi connectivity index (χ1n) is 7.35. The van der Waals surface area contributed by atoms with Crippen molar-refractivity contribution in [2.45, 2.75) is 26.3 Å². The third-order valence-electron chi connectivity index (χ3n) is 4.13. The maximum Gasteiger partial charge on any atom is 0.251 e. The maximum absolute atomic E-state index is 12.8. The van der Waals surface area contributed by atoms with E-state index >= 15 is 0 Å². The smallest absolute Gasteiger partial charge is 0.251 e. The van der Waals surface area contributed by atoms with Crippen molar-refractivity contribution in [2.75, 3.05) is 43.0 Å². The Hall–Kier alpha value is -1.62. The minimum atomic E-state index is -0.0805. The number of carbonyl (C=O) groups is 1. The molecule has 0 spiro atoms. The number of amides is 1. The van der Waals surface area contributed by atoms with Crippen LogP contribution >= 0.6 is 0 Å². The van der Waals surface area contributed by atoms with Crippen LogP contribution < -0.4 is 9.80 Å². The molecule has 3 rings (SSSR count). The third-order valence-corrected chi connectivity index (χ3v) is 4.13. The lowest BCUT2D eigenvalue weighted by Gasteiger charge is -2.46. The van der Waals surface area contributed by atoms with Crippen LogP contribution in [0.4, 0.5) is 11.5 Å². The van der Waals surface area contributed by atoms with Crippen molar-refractivity contribution in [3.05, 3.63) is 17.8 Å². The summed E-state index contributed by atoms with van der Waals surface area (Å²) < 4.78 is 0. The molecule has 2 aliphatic rings. The summed E-state index contributed by atoms with van der Waals surface area (Å²) in [5.41, 5.74) is 2.09. The predicted octanol–water partition coefficient (Wildman–Crippen LogP) is 1.27. The average molecular weight is 274 g/mol. The first-order chi connectivity index (χ1) is 9.61. The summed E-state index contributed by atoms with van der Waals surface area (Å²) in [6.07, 6.45) is 2.86. The Balaban J connectivity index is 2.06. The van der Waals surface area contributed by atoms with Gasteiger partial charge in [0.1, 0.15) is 6.04 Å². The fourth-order valence-electron chi connectivity index (χ4n) is 3.10. The van der Waals surface area contributed by atoms with Crippen LogP contribution in [-0.2, 0) is 4.79 Å². The molecule has 1 unspecified atom stereocenters. The molecular formula is C15H22N4O. The van der Waals surface area contributed by atoms with E-state index in [1.165, 1.54) is 0 Å². The number of carbonyl (C=O) groups excluding carboxylic acids is 1. The normalized spacial score (nSPS) is 22.8. The summed E-state index contributed by atoms with van der Waals surface area (Å²) in [6.45, 7) is 7.54. The van der Waals surface area contributed by atoms with Gasteiger partial charge in [0.2, 0.25) is 0 Å². The van der Waals surface area contributed by atoms with Crippen LogP contribution in [0.5, 0.6) is 0 Å². The lowest BCUT2D eigenvalue weighted by Crippen LogP contribution is -2.62. The van der Waals surface area contributed by atoms with Gasteiger partial charge in [-0.05, 0) is 32.0 Å². The maximum atomic E-state index is 12.8. The molecule has 1 fully saturated rings. The summed E-state index contributed by atoms with van der Waals surface area (Å²) in [5.74, 6) is 1.19. The van der Waals surface area contributed by atoms with Crippen molar-refractivity contribution in [3.63, 3.8) is 0 Å². The predicted molar refractivity (Wildman–Crippen MR) is 80.2 cm³/mol. The van der Waals surface area contributed by atoms with Crippen LogP contribution in [0.2, 0.25) is 0 Å². The number of rotatable bonds is 2. The Labute approximate surface area is 120 Å². The fraction of sp³-hybridized carbons (Fsp3) is 0.600. The number of fused-ring (bicyclic) bond motifs is 3. The molecule has 20 heavy (non-hydrogen) atoms. The van der Waals surface area contributed by atoms with Gasteiger partial charge in [-0.3, -0.25) is 4.79 Å². The van der Waals surface area contributed by atoms with Gasteiger partial charge in [0, 0.05) is 32.4 Å². The lowest BCUT2D eigenvalue weighted by molar-refractivity contribution is -0.121. The van der Waals surface area contributed by atoms with Gasteiger partial charge in [-0.25, -0.2) is 4.98 Å². The van der Waals surface area contributed by atoms with Crippen molar-refractivity contribution < 1.29 is 4.79 Å². The van der Waals surface area contributed by atoms with Crippen LogP contribution in [0, 0.1) is 6.92 Å². The van der Waals surface area contributed by atoms with Gasteiger partial charge < -0.3 is 14.7 Å². The van der Waals surface area contributed by atoms with E-state index in [1.807, 2.05) is 18.0 Å². The average Bonchev–Trinajstić information content (AvgIpc) is 2.43. The second-order valence-corrected chi connectivity index (χ2v) is 5.82. The van der Waals surface area contributed by atoms with Crippen molar-refractivity contribution in [1.29, 1.82) is 0 Å². The van der Waals surface area contributed by atoms with E-state index in [4.69, 9.17) is 0 Å². The second kappa shape index (κ2) is 5.05. The molecule has 108 valence electrons. The number of aromatic nitrogens is 1. The highest BCUT2D eigenvalue weighted by molar-refractivity contribution is 6.05. The Morgan fingerprint density at radius 1 is 1.40 bits per heavy atom. The quantitative estimate of drug-likeness (QED) is 0.814. The second-order valence-electron chi connectivity index (χ2n) is 5.82. The zero-order chi connectivity index (χ0) is 14.3. The largest absolute Gasteiger partial charge is 0.340 e. The van der Waals surface area contributed by atoms with Crippen LogP contribution in [0.3, 0.4) is 0 Å². The Morgan fingerprint density at radius 3 is 2.95 bits per heavy atom. The van der Waals surface area contributed by atoms with Crippen LogP contribution in [0.15, 0.2) is 12.3 Å². The third kappa shape index (κ3) is 2.06.